The Morgan fingerprint density at radius 2 is 1.85 bits per heavy atom. The summed E-state index contributed by atoms with van der Waals surface area (Å²) in [5.41, 5.74) is 3.08. The molecule has 1 N–H and O–H groups in total. The van der Waals surface area contributed by atoms with Gasteiger partial charge in [0.25, 0.3) is 0 Å². The monoisotopic (exact) mass is 396 g/mol. The van der Waals surface area contributed by atoms with E-state index in [0.29, 0.717) is 6.42 Å². The Morgan fingerprint density at radius 3 is 2.63 bits per heavy atom. The molecule has 1 aromatic heterocycles. The summed E-state index contributed by atoms with van der Waals surface area (Å²) in [7, 11) is 0. The van der Waals surface area contributed by atoms with Gasteiger partial charge in [-0.3, -0.25) is 0 Å². The van der Waals surface area contributed by atoms with Crippen molar-refractivity contribution in [1.82, 2.24) is 0 Å². The zero-order valence-electron chi connectivity index (χ0n) is 14.1. The first kappa shape index (κ1) is 17.7. The molecule has 4 aromatic rings. The van der Waals surface area contributed by atoms with Crippen molar-refractivity contribution in [1.29, 1.82) is 0 Å². The van der Waals surface area contributed by atoms with Crippen LogP contribution in [0.3, 0.4) is 0 Å². The predicted octanol–water partition coefficient (Wildman–Crippen LogP) is 6.65. The lowest BCUT2D eigenvalue weighted by Crippen LogP contribution is -1.95. The first-order valence-corrected chi connectivity index (χ1v) is 9.50. The van der Waals surface area contributed by atoms with E-state index < -0.39 is 11.8 Å². The quantitative estimate of drug-likeness (QED) is 0.419. The standard InChI is InChI=1S/C22H14ClFO2S/c23-19-10-13(7-8-20(19)24)9-16-12-18-17(5-2-6-21(18)27-16)14-3-1-4-15(11-14)22(25)26/h1-8,10-12H,9H2,(H,25,26). The number of benzene rings is 3. The van der Waals surface area contributed by atoms with Crippen LogP contribution in [-0.2, 0) is 6.42 Å². The van der Waals surface area contributed by atoms with E-state index >= 15 is 0 Å². The van der Waals surface area contributed by atoms with Crippen LogP contribution in [0.2, 0.25) is 5.02 Å². The normalized spacial score (nSPS) is 11.0. The van der Waals surface area contributed by atoms with Gasteiger partial charge in [0, 0.05) is 21.4 Å². The first-order chi connectivity index (χ1) is 13.0. The molecule has 0 saturated carbocycles. The van der Waals surface area contributed by atoms with Crippen LogP contribution in [0.15, 0.2) is 66.7 Å². The molecule has 4 rings (SSSR count). The minimum absolute atomic E-state index is 0.125. The average molecular weight is 397 g/mol. The first-order valence-electron chi connectivity index (χ1n) is 8.30. The SMILES string of the molecule is O=C(O)c1cccc(-c2cccc3sc(Cc4ccc(F)c(Cl)c4)cc23)c1. The maximum Gasteiger partial charge on any atom is 0.335 e. The van der Waals surface area contributed by atoms with Crippen LogP contribution in [0.4, 0.5) is 4.39 Å². The zero-order valence-corrected chi connectivity index (χ0v) is 15.7. The molecule has 0 atom stereocenters. The van der Waals surface area contributed by atoms with Crippen molar-refractivity contribution in [3.63, 3.8) is 0 Å². The van der Waals surface area contributed by atoms with Gasteiger partial charge in [0.1, 0.15) is 5.82 Å². The van der Waals surface area contributed by atoms with E-state index in [9.17, 15) is 14.3 Å². The lowest BCUT2D eigenvalue weighted by Gasteiger charge is -2.05. The van der Waals surface area contributed by atoms with Gasteiger partial charge in [0.05, 0.1) is 10.6 Å². The third-order valence-electron chi connectivity index (χ3n) is 4.40. The minimum atomic E-state index is -0.941. The molecule has 0 aliphatic rings. The molecule has 0 saturated heterocycles. The molecule has 0 fully saturated rings. The second kappa shape index (κ2) is 7.14. The van der Waals surface area contributed by atoms with Crippen LogP contribution in [0.1, 0.15) is 20.8 Å². The Labute approximate surface area is 164 Å². The number of hydrogen-bond donors (Lipinski definition) is 1. The highest BCUT2D eigenvalue weighted by atomic mass is 35.5. The zero-order chi connectivity index (χ0) is 19.0. The van der Waals surface area contributed by atoms with Crippen LogP contribution in [0.25, 0.3) is 21.2 Å². The highest BCUT2D eigenvalue weighted by Gasteiger charge is 2.11. The summed E-state index contributed by atoms with van der Waals surface area (Å²) in [6.45, 7) is 0. The molecule has 0 amide bonds. The Morgan fingerprint density at radius 1 is 1.04 bits per heavy atom. The molecule has 5 heteroatoms. The van der Waals surface area contributed by atoms with Gasteiger partial charge < -0.3 is 5.11 Å². The molecule has 0 aliphatic carbocycles. The van der Waals surface area contributed by atoms with E-state index in [-0.39, 0.29) is 10.6 Å². The molecule has 0 bridgehead atoms. The number of rotatable bonds is 4. The molecule has 0 spiro atoms. The van der Waals surface area contributed by atoms with E-state index in [1.165, 1.54) is 6.07 Å². The number of thiophene rings is 1. The summed E-state index contributed by atoms with van der Waals surface area (Å²) in [5, 5.41) is 10.4. The third kappa shape index (κ3) is 3.59. The Bertz CT molecular complexity index is 1170. The number of halogens is 2. The smallest absolute Gasteiger partial charge is 0.335 e. The largest absolute Gasteiger partial charge is 0.478 e. The molecule has 0 aliphatic heterocycles. The number of carboxylic acids is 1. The minimum Gasteiger partial charge on any atom is -0.478 e. The number of hydrogen-bond acceptors (Lipinski definition) is 2. The van der Waals surface area contributed by atoms with Gasteiger partial charge in [-0.1, -0.05) is 41.9 Å². The summed E-state index contributed by atoms with van der Waals surface area (Å²) in [6, 6.07) is 19.8. The van der Waals surface area contributed by atoms with Crippen LogP contribution in [0.5, 0.6) is 0 Å². The van der Waals surface area contributed by atoms with Crippen LogP contribution >= 0.6 is 22.9 Å². The lowest BCUT2D eigenvalue weighted by molar-refractivity contribution is 0.0697. The topological polar surface area (TPSA) is 37.3 Å². The van der Waals surface area contributed by atoms with Crippen LogP contribution in [0, 0.1) is 5.82 Å². The molecular weight excluding hydrogens is 383 g/mol. The van der Waals surface area contributed by atoms with E-state index in [2.05, 4.69) is 6.07 Å². The highest BCUT2D eigenvalue weighted by Crippen LogP contribution is 2.35. The summed E-state index contributed by atoms with van der Waals surface area (Å²) in [5.74, 6) is -1.36. The Hall–Kier alpha value is -2.69. The van der Waals surface area contributed by atoms with Crippen molar-refractivity contribution < 1.29 is 14.3 Å². The van der Waals surface area contributed by atoms with E-state index in [0.717, 1.165) is 31.7 Å². The fourth-order valence-corrected chi connectivity index (χ4v) is 4.45. The average Bonchev–Trinajstić information content (AvgIpc) is 3.07. The predicted molar refractivity (Wildman–Crippen MR) is 108 cm³/mol. The van der Waals surface area contributed by atoms with Gasteiger partial charge in [0.2, 0.25) is 0 Å². The summed E-state index contributed by atoms with van der Waals surface area (Å²) in [4.78, 5) is 12.4. The summed E-state index contributed by atoms with van der Waals surface area (Å²) < 4.78 is 14.5. The van der Waals surface area contributed by atoms with E-state index in [1.807, 2.05) is 24.3 Å². The molecule has 0 unspecified atom stereocenters. The van der Waals surface area contributed by atoms with E-state index in [1.54, 1.807) is 41.7 Å². The summed E-state index contributed by atoms with van der Waals surface area (Å²) in [6.07, 6.45) is 0.661. The van der Waals surface area contributed by atoms with E-state index in [4.69, 9.17) is 11.6 Å². The van der Waals surface area contributed by atoms with Crippen molar-refractivity contribution in [3.8, 4) is 11.1 Å². The number of carboxylic acid groups (broad SMARTS) is 1. The molecule has 1 heterocycles. The molecule has 27 heavy (non-hydrogen) atoms. The molecule has 0 radical (unpaired) electrons. The van der Waals surface area contributed by atoms with Gasteiger partial charge >= 0.3 is 5.97 Å². The molecular formula is C22H14ClFO2S. The Balaban J connectivity index is 1.75. The highest BCUT2D eigenvalue weighted by molar-refractivity contribution is 7.19. The fraction of sp³-hybridized carbons (Fsp3) is 0.0455. The van der Waals surface area contributed by atoms with Gasteiger partial charge in [0.15, 0.2) is 0 Å². The van der Waals surface area contributed by atoms with Crippen LogP contribution < -0.4 is 0 Å². The van der Waals surface area contributed by atoms with Crippen molar-refractivity contribution >= 4 is 39.0 Å². The maximum absolute atomic E-state index is 13.4. The number of carbonyl (C=O) groups is 1. The summed E-state index contributed by atoms with van der Waals surface area (Å²) >= 11 is 7.55. The van der Waals surface area contributed by atoms with Crippen molar-refractivity contribution in [2.75, 3.05) is 0 Å². The van der Waals surface area contributed by atoms with Gasteiger partial charge in [-0.25, -0.2) is 9.18 Å². The van der Waals surface area contributed by atoms with Gasteiger partial charge in [-0.05, 0) is 53.1 Å². The van der Waals surface area contributed by atoms with Crippen molar-refractivity contribution in [2.24, 2.45) is 0 Å². The third-order valence-corrected chi connectivity index (χ3v) is 5.79. The Kier molecular flexibility index (Phi) is 4.68. The second-order valence-electron chi connectivity index (χ2n) is 6.24. The lowest BCUT2D eigenvalue weighted by atomic mass is 9.99. The number of aromatic carboxylic acids is 1. The second-order valence-corrected chi connectivity index (χ2v) is 7.82. The fourth-order valence-electron chi connectivity index (χ4n) is 3.12. The van der Waals surface area contributed by atoms with Gasteiger partial charge in [-0.15, -0.1) is 11.3 Å². The number of fused-ring (bicyclic) bond motifs is 1. The van der Waals surface area contributed by atoms with Crippen LogP contribution in [-0.4, -0.2) is 11.1 Å². The molecule has 3 aromatic carbocycles. The maximum atomic E-state index is 13.4. The molecule has 2 nitrogen and oxygen atoms in total. The van der Waals surface area contributed by atoms with Crippen molar-refractivity contribution in [3.05, 3.63) is 93.6 Å². The molecule has 134 valence electrons. The van der Waals surface area contributed by atoms with Gasteiger partial charge in [-0.2, -0.15) is 0 Å². The van der Waals surface area contributed by atoms with Crippen molar-refractivity contribution in [2.45, 2.75) is 6.42 Å².